The molecule has 1 N–H and O–H groups in total. The van der Waals surface area contributed by atoms with Crippen LogP contribution in [0.25, 0.3) is 5.76 Å². The van der Waals surface area contributed by atoms with Crippen molar-refractivity contribution in [2.45, 2.75) is 67.7 Å². The van der Waals surface area contributed by atoms with Crippen LogP contribution in [-0.2, 0) is 14.4 Å². The molecule has 1 aromatic rings. The lowest BCUT2D eigenvalue weighted by Gasteiger charge is -2.59. The molecule has 2 aliphatic rings. The van der Waals surface area contributed by atoms with E-state index in [2.05, 4.69) is 6.08 Å². The molecule has 33 heavy (non-hydrogen) atoms. The van der Waals surface area contributed by atoms with Crippen LogP contribution in [0.15, 0.2) is 59.2 Å². The lowest BCUT2D eigenvalue weighted by molar-refractivity contribution is -0.174. The second-order valence-electron chi connectivity index (χ2n) is 10.9. The van der Waals surface area contributed by atoms with Crippen molar-refractivity contribution >= 4 is 23.1 Å². The molecule has 0 radical (unpaired) electrons. The Kier molecular flexibility index (Phi) is 6.45. The summed E-state index contributed by atoms with van der Waals surface area (Å²) in [5.41, 5.74) is -1.10. The van der Waals surface area contributed by atoms with E-state index in [1.165, 1.54) is 0 Å². The number of fused-ring (bicyclic) bond motifs is 2. The first-order chi connectivity index (χ1) is 15.3. The Hall–Kier alpha value is -2.75. The summed E-state index contributed by atoms with van der Waals surface area (Å²) in [4.78, 5) is 42.1. The number of carbonyl (C=O) groups is 3. The maximum atomic E-state index is 14.1. The zero-order valence-corrected chi connectivity index (χ0v) is 20.9. The molecule has 3 atom stereocenters. The predicted molar refractivity (Wildman–Crippen MR) is 132 cm³/mol. The minimum absolute atomic E-state index is 0.0334. The zero-order valence-electron chi connectivity index (χ0n) is 20.9. The van der Waals surface area contributed by atoms with E-state index in [1.807, 2.05) is 47.6 Å². The average Bonchev–Trinajstić information content (AvgIpc) is 2.76. The number of allylic oxidation sites excluding steroid dienone is 5. The summed E-state index contributed by atoms with van der Waals surface area (Å²) >= 11 is 0. The second-order valence-corrected chi connectivity index (χ2v) is 10.9. The third kappa shape index (κ3) is 3.74. The Balaban J connectivity index is 2.32. The molecular weight excluding hydrogens is 412 g/mol. The van der Waals surface area contributed by atoms with E-state index in [0.29, 0.717) is 18.4 Å². The van der Waals surface area contributed by atoms with Crippen LogP contribution in [0.4, 0.5) is 0 Å². The lowest BCUT2D eigenvalue weighted by atomic mass is 9.40. The molecule has 1 aromatic carbocycles. The minimum Gasteiger partial charge on any atom is -0.506 e. The molecule has 0 heterocycles. The van der Waals surface area contributed by atoms with Gasteiger partial charge in [0, 0.05) is 5.56 Å². The number of ketones is 3. The number of hydrogen-bond acceptors (Lipinski definition) is 4. The lowest BCUT2D eigenvalue weighted by Crippen LogP contribution is -2.68. The van der Waals surface area contributed by atoms with Crippen molar-refractivity contribution in [1.29, 1.82) is 0 Å². The normalized spacial score (nSPS) is 30.0. The maximum Gasteiger partial charge on any atom is 0.184 e. The topological polar surface area (TPSA) is 71.4 Å². The molecule has 2 saturated carbocycles. The van der Waals surface area contributed by atoms with E-state index in [0.717, 1.165) is 11.1 Å². The fraction of sp³-hybridized carbons (Fsp3) is 0.483. The van der Waals surface area contributed by atoms with Crippen LogP contribution >= 0.6 is 0 Å². The first-order valence-corrected chi connectivity index (χ1v) is 11.7. The zero-order chi connectivity index (χ0) is 24.8. The molecule has 2 bridgehead atoms. The van der Waals surface area contributed by atoms with Crippen molar-refractivity contribution in [3.63, 3.8) is 0 Å². The van der Waals surface area contributed by atoms with Crippen LogP contribution in [0.1, 0.15) is 73.3 Å². The van der Waals surface area contributed by atoms with Crippen LogP contribution in [0.3, 0.4) is 0 Å². The summed E-state index contributed by atoms with van der Waals surface area (Å²) in [6.45, 7) is 13.5. The Morgan fingerprint density at radius 3 is 2.06 bits per heavy atom. The standard InChI is InChI=1S/C29H36O4/c1-18(2)13-14-21-17-29(16-15-19(3)4)25(32)22(23(30)20-11-9-8-10-12-20)24(31)28(7,26(29)33)27(21,5)6/h8-13,15,21,30H,14,16-17H2,1-7H3/t21-,28+,29-/m0/s1. The van der Waals surface area contributed by atoms with Crippen molar-refractivity contribution in [2.24, 2.45) is 22.2 Å². The van der Waals surface area contributed by atoms with Gasteiger partial charge in [-0.2, -0.15) is 0 Å². The van der Waals surface area contributed by atoms with Crippen molar-refractivity contribution in [3.8, 4) is 0 Å². The Morgan fingerprint density at radius 2 is 1.52 bits per heavy atom. The van der Waals surface area contributed by atoms with Gasteiger partial charge in [0.25, 0.3) is 0 Å². The number of aliphatic hydroxyl groups excluding tert-OH is 1. The van der Waals surface area contributed by atoms with Gasteiger partial charge in [-0.25, -0.2) is 0 Å². The number of rotatable bonds is 5. The summed E-state index contributed by atoms with van der Waals surface area (Å²) in [5, 5.41) is 11.1. The van der Waals surface area contributed by atoms with E-state index in [1.54, 1.807) is 37.3 Å². The average molecular weight is 449 g/mol. The van der Waals surface area contributed by atoms with Crippen molar-refractivity contribution in [3.05, 3.63) is 64.8 Å². The van der Waals surface area contributed by atoms with Crippen LogP contribution in [-0.4, -0.2) is 22.5 Å². The summed E-state index contributed by atoms with van der Waals surface area (Å²) in [6, 6.07) is 8.64. The van der Waals surface area contributed by atoms with Gasteiger partial charge in [0.05, 0.1) is 10.8 Å². The van der Waals surface area contributed by atoms with Gasteiger partial charge < -0.3 is 5.11 Å². The molecule has 4 heteroatoms. The summed E-state index contributed by atoms with van der Waals surface area (Å²) in [5.74, 6) is -1.76. The van der Waals surface area contributed by atoms with Crippen molar-refractivity contribution < 1.29 is 19.5 Å². The molecule has 0 saturated heterocycles. The molecule has 0 spiro atoms. The molecule has 0 aliphatic heterocycles. The van der Waals surface area contributed by atoms with E-state index in [9.17, 15) is 19.5 Å². The van der Waals surface area contributed by atoms with Gasteiger partial charge in [0.1, 0.15) is 11.3 Å². The molecule has 176 valence electrons. The highest BCUT2D eigenvalue weighted by Gasteiger charge is 2.72. The highest BCUT2D eigenvalue weighted by atomic mass is 16.3. The second kappa shape index (κ2) is 8.55. The third-order valence-electron chi connectivity index (χ3n) is 8.09. The molecular formula is C29H36O4. The van der Waals surface area contributed by atoms with Gasteiger partial charge in [0.15, 0.2) is 17.3 Å². The maximum absolute atomic E-state index is 14.1. The summed E-state index contributed by atoms with van der Waals surface area (Å²) < 4.78 is 0. The van der Waals surface area contributed by atoms with Crippen molar-refractivity contribution in [1.82, 2.24) is 0 Å². The van der Waals surface area contributed by atoms with Gasteiger partial charge in [0.2, 0.25) is 0 Å². The predicted octanol–water partition coefficient (Wildman–Crippen LogP) is 6.43. The van der Waals surface area contributed by atoms with Gasteiger partial charge in [-0.05, 0) is 65.2 Å². The van der Waals surface area contributed by atoms with Crippen LogP contribution in [0.5, 0.6) is 0 Å². The van der Waals surface area contributed by atoms with E-state index < -0.39 is 27.8 Å². The van der Waals surface area contributed by atoms with E-state index in [-0.39, 0.29) is 29.5 Å². The molecule has 2 fully saturated rings. The smallest absolute Gasteiger partial charge is 0.184 e. The fourth-order valence-electron chi connectivity index (χ4n) is 5.49. The molecule has 3 rings (SSSR count). The number of Topliss-reactive ketones (excluding diaryl/α,β-unsaturated/α-hetero) is 3. The first kappa shape index (κ1) is 24.9. The number of benzene rings is 1. The van der Waals surface area contributed by atoms with Gasteiger partial charge in [-0.1, -0.05) is 67.5 Å². The number of carbonyl (C=O) groups excluding carboxylic acids is 3. The molecule has 2 aliphatic carbocycles. The van der Waals surface area contributed by atoms with Crippen LogP contribution in [0, 0.1) is 22.2 Å². The van der Waals surface area contributed by atoms with Gasteiger partial charge in [-0.3, -0.25) is 14.4 Å². The number of aliphatic hydroxyl groups is 1. The Morgan fingerprint density at radius 1 is 0.939 bits per heavy atom. The monoisotopic (exact) mass is 448 g/mol. The highest BCUT2D eigenvalue weighted by Crippen LogP contribution is 2.63. The molecule has 4 nitrogen and oxygen atoms in total. The third-order valence-corrected chi connectivity index (χ3v) is 8.09. The minimum atomic E-state index is -1.41. The van der Waals surface area contributed by atoms with Crippen LogP contribution in [0.2, 0.25) is 0 Å². The van der Waals surface area contributed by atoms with Crippen LogP contribution < -0.4 is 0 Å². The summed E-state index contributed by atoms with van der Waals surface area (Å²) in [7, 11) is 0. The van der Waals surface area contributed by atoms with E-state index >= 15 is 0 Å². The SMILES string of the molecule is CC(C)=CC[C@H]1C[C@@]2(CC=C(C)C)C(=O)C(=C(O)c3ccccc3)C(=O)[C@](C)(C2=O)C1(C)C. The highest BCUT2D eigenvalue weighted by molar-refractivity contribution is 6.41. The Bertz CT molecular complexity index is 1080. The number of hydrogen-bond donors (Lipinski definition) is 1. The first-order valence-electron chi connectivity index (χ1n) is 11.7. The van der Waals surface area contributed by atoms with Gasteiger partial charge >= 0.3 is 0 Å². The summed E-state index contributed by atoms with van der Waals surface area (Å²) in [6.07, 6.45) is 5.34. The van der Waals surface area contributed by atoms with Gasteiger partial charge in [-0.15, -0.1) is 0 Å². The van der Waals surface area contributed by atoms with E-state index in [4.69, 9.17) is 0 Å². The molecule has 0 unspecified atom stereocenters. The quantitative estimate of drug-likeness (QED) is 0.185. The Labute approximate surface area is 197 Å². The largest absolute Gasteiger partial charge is 0.506 e. The molecule has 0 aromatic heterocycles. The molecule has 0 amide bonds. The van der Waals surface area contributed by atoms with Crippen molar-refractivity contribution in [2.75, 3.05) is 0 Å². The fourth-order valence-corrected chi connectivity index (χ4v) is 5.49.